The summed E-state index contributed by atoms with van der Waals surface area (Å²) in [6.45, 7) is 7.70. The molecule has 2 aromatic rings. The molecule has 2 aliphatic rings. The number of hydrogen-bond acceptors (Lipinski definition) is 4. The fourth-order valence-electron chi connectivity index (χ4n) is 4.13. The van der Waals surface area contributed by atoms with Gasteiger partial charge in [-0.15, -0.1) is 0 Å². The molecule has 9 heteroatoms. The van der Waals surface area contributed by atoms with Crippen LogP contribution in [-0.2, 0) is 17.7 Å². The number of likely N-dealkylation sites (tertiary alicyclic amines) is 1. The van der Waals surface area contributed by atoms with E-state index in [1.165, 1.54) is 12.1 Å². The van der Waals surface area contributed by atoms with Crippen LogP contribution in [0.2, 0.25) is 0 Å². The van der Waals surface area contributed by atoms with Gasteiger partial charge in [-0.3, -0.25) is 0 Å². The van der Waals surface area contributed by atoms with Crippen molar-refractivity contribution >= 4 is 12.1 Å². The fraction of sp³-hybridized carbons (Fsp3) is 0.522. The summed E-state index contributed by atoms with van der Waals surface area (Å²) >= 11 is 0. The number of nitrogens with one attached hydrogen (secondary N) is 1. The van der Waals surface area contributed by atoms with Gasteiger partial charge in [0.2, 0.25) is 0 Å². The number of carbonyl (C=O) groups excluding carboxylic acids is 2. The van der Waals surface area contributed by atoms with Crippen LogP contribution in [0.25, 0.3) is 5.69 Å². The van der Waals surface area contributed by atoms with E-state index in [1.807, 2.05) is 26.8 Å². The molecule has 4 rings (SSSR count). The number of halogens is 1. The third-order valence-corrected chi connectivity index (χ3v) is 5.75. The van der Waals surface area contributed by atoms with Crippen LogP contribution >= 0.6 is 0 Å². The molecule has 0 atom stereocenters. The standard InChI is InChI=1S/C23H30FN5O3/c1-23(2,3)32-22(31)27-10-7-18(8-11-27)26-21(30)28-12-9-20-16(15-28)14-25-29(20)19-6-4-5-17(24)13-19/h4-6,13-14,18H,7-12,15H2,1-3H3,(H,26,30). The lowest BCUT2D eigenvalue weighted by Gasteiger charge is -2.35. The summed E-state index contributed by atoms with van der Waals surface area (Å²) in [6, 6.07) is 6.26. The van der Waals surface area contributed by atoms with Crippen molar-refractivity contribution in [3.63, 3.8) is 0 Å². The van der Waals surface area contributed by atoms with Crippen molar-refractivity contribution in [3.05, 3.63) is 47.5 Å². The SMILES string of the molecule is CC(C)(C)OC(=O)N1CCC(NC(=O)N2CCc3c(cnn3-c3cccc(F)c3)C2)CC1. The highest BCUT2D eigenvalue weighted by atomic mass is 19.1. The van der Waals surface area contributed by atoms with Crippen LogP contribution in [0.5, 0.6) is 0 Å². The second-order valence-corrected chi connectivity index (χ2v) is 9.37. The van der Waals surface area contributed by atoms with Crippen molar-refractivity contribution < 1.29 is 18.7 Å². The number of piperidine rings is 1. The van der Waals surface area contributed by atoms with E-state index in [9.17, 15) is 14.0 Å². The summed E-state index contributed by atoms with van der Waals surface area (Å²) in [7, 11) is 0. The third-order valence-electron chi connectivity index (χ3n) is 5.75. The summed E-state index contributed by atoms with van der Waals surface area (Å²) in [4.78, 5) is 28.5. The fourth-order valence-corrected chi connectivity index (χ4v) is 4.13. The molecule has 0 spiro atoms. The highest BCUT2D eigenvalue weighted by Gasteiger charge is 2.30. The summed E-state index contributed by atoms with van der Waals surface area (Å²) in [6.07, 6.45) is 3.49. The molecule has 0 bridgehead atoms. The van der Waals surface area contributed by atoms with E-state index >= 15 is 0 Å². The number of fused-ring (bicyclic) bond motifs is 1. The average Bonchev–Trinajstić information content (AvgIpc) is 3.16. The van der Waals surface area contributed by atoms with Crippen LogP contribution in [-0.4, -0.2) is 63.0 Å². The first kappa shape index (κ1) is 22.1. The van der Waals surface area contributed by atoms with Crippen LogP contribution in [0, 0.1) is 5.82 Å². The van der Waals surface area contributed by atoms with Gasteiger partial charge in [0.15, 0.2) is 0 Å². The molecule has 0 unspecified atom stereocenters. The van der Waals surface area contributed by atoms with Crippen molar-refractivity contribution in [1.82, 2.24) is 24.9 Å². The van der Waals surface area contributed by atoms with Gasteiger partial charge in [-0.05, 0) is 51.8 Å². The van der Waals surface area contributed by atoms with Crippen molar-refractivity contribution in [2.24, 2.45) is 0 Å². The largest absolute Gasteiger partial charge is 0.444 e. The third kappa shape index (κ3) is 5.03. The molecule has 0 radical (unpaired) electrons. The smallest absolute Gasteiger partial charge is 0.410 e. The number of amides is 3. The van der Waals surface area contributed by atoms with Crippen LogP contribution in [0.1, 0.15) is 44.9 Å². The Morgan fingerprint density at radius 2 is 1.91 bits per heavy atom. The maximum atomic E-state index is 13.6. The minimum atomic E-state index is -0.516. The predicted molar refractivity (Wildman–Crippen MR) is 117 cm³/mol. The lowest BCUT2D eigenvalue weighted by Crippen LogP contribution is -2.51. The summed E-state index contributed by atoms with van der Waals surface area (Å²) in [5.41, 5.74) is 2.14. The van der Waals surface area contributed by atoms with Gasteiger partial charge in [0.05, 0.1) is 24.1 Å². The zero-order valence-electron chi connectivity index (χ0n) is 18.8. The molecule has 1 fully saturated rings. The predicted octanol–water partition coefficient (Wildman–Crippen LogP) is 3.48. The van der Waals surface area contributed by atoms with E-state index in [0.29, 0.717) is 51.1 Å². The number of hydrogen-bond donors (Lipinski definition) is 1. The monoisotopic (exact) mass is 443 g/mol. The second kappa shape index (κ2) is 8.80. The van der Waals surface area contributed by atoms with Crippen molar-refractivity contribution in [2.75, 3.05) is 19.6 Å². The zero-order chi connectivity index (χ0) is 22.9. The normalized spacial score (nSPS) is 17.1. The number of aromatic nitrogens is 2. The first-order valence-corrected chi connectivity index (χ1v) is 11.0. The molecule has 172 valence electrons. The van der Waals surface area contributed by atoms with Crippen molar-refractivity contribution in [3.8, 4) is 5.69 Å². The topological polar surface area (TPSA) is 79.7 Å². The van der Waals surface area contributed by atoms with Crippen LogP contribution in [0.4, 0.5) is 14.0 Å². The van der Waals surface area contributed by atoms with Crippen LogP contribution < -0.4 is 5.32 Å². The number of urea groups is 1. The molecule has 1 N–H and O–H groups in total. The molecule has 1 saturated heterocycles. The Morgan fingerprint density at radius 1 is 1.16 bits per heavy atom. The quantitative estimate of drug-likeness (QED) is 0.771. The van der Waals surface area contributed by atoms with Gasteiger partial charge in [-0.1, -0.05) is 6.07 Å². The lowest BCUT2D eigenvalue weighted by molar-refractivity contribution is 0.0200. The van der Waals surface area contributed by atoms with Gasteiger partial charge < -0.3 is 19.9 Å². The highest BCUT2D eigenvalue weighted by molar-refractivity contribution is 5.75. The van der Waals surface area contributed by atoms with Gasteiger partial charge in [0.25, 0.3) is 0 Å². The van der Waals surface area contributed by atoms with E-state index in [1.54, 1.807) is 26.7 Å². The number of ether oxygens (including phenoxy) is 1. The Kier molecular flexibility index (Phi) is 6.08. The first-order chi connectivity index (χ1) is 15.2. The Hall–Kier alpha value is -3.10. The van der Waals surface area contributed by atoms with E-state index < -0.39 is 5.60 Å². The molecule has 8 nitrogen and oxygen atoms in total. The Balaban J connectivity index is 1.31. The number of rotatable bonds is 2. The van der Waals surface area contributed by atoms with Gasteiger partial charge >= 0.3 is 12.1 Å². The molecule has 32 heavy (non-hydrogen) atoms. The Morgan fingerprint density at radius 3 is 2.59 bits per heavy atom. The summed E-state index contributed by atoms with van der Waals surface area (Å²) in [5, 5.41) is 7.52. The van der Waals surface area contributed by atoms with Gasteiger partial charge in [-0.25, -0.2) is 18.7 Å². The molecule has 1 aromatic carbocycles. The van der Waals surface area contributed by atoms with Gasteiger partial charge in [0, 0.05) is 37.7 Å². The maximum absolute atomic E-state index is 13.6. The first-order valence-electron chi connectivity index (χ1n) is 11.0. The summed E-state index contributed by atoms with van der Waals surface area (Å²) < 4.78 is 20.8. The van der Waals surface area contributed by atoms with Crippen molar-refractivity contribution in [1.29, 1.82) is 0 Å². The average molecular weight is 444 g/mol. The molecule has 1 aromatic heterocycles. The lowest BCUT2D eigenvalue weighted by atomic mass is 10.1. The maximum Gasteiger partial charge on any atom is 0.410 e. The minimum absolute atomic E-state index is 0.0256. The molecule has 3 heterocycles. The zero-order valence-corrected chi connectivity index (χ0v) is 18.8. The van der Waals surface area contributed by atoms with Crippen molar-refractivity contribution in [2.45, 2.75) is 58.2 Å². The number of benzene rings is 1. The van der Waals surface area contributed by atoms with E-state index in [0.717, 1.165) is 11.3 Å². The highest BCUT2D eigenvalue weighted by Crippen LogP contribution is 2.23. The Bertz CT molecular complexity index is 992. The minimum Gasteiger partial charge on any atom is -0.444 e. The molecule has 0 aliphatic carbocycles. The molecular weight excluding hydrogens is 413 g/mol. The number of carbonyl (C=O) groups is 2. The number of nitrogens with zero attached hydrogens (tertiary/aromatic N) is 4. The molecular formula is C23H30FN5O3. The van der Waals surface area contributed by atoms with Crippen LogP contribution in [0.3, 0.4) is 0 Å². The molecule has 0 saturated carbocycles. The Labute approximate surface area is 187 Å². The van der Waals surface area contributed by atoms with Gasteiger partial charge in [-0.2, -0.15) is 5.10 Å². The summed E-state index contributed by atoms with van der Waals surface area (Å²) in [5.74, 6) is -0.304. The van der Waals surface area contributed by atoms with E-state index in [4.69, 9.17) is 4.74 Å². The second-order valence-electron chi connectivity index (χ2n) is 9.37. The van der Waals surface area contributed by atoms with E-state index in [2.05, 4.69) is 10.4 Å². The van der Waals surface area contributed by atoms with Gasteiger partial charge in [0.1, 0.15) is 11.4 Å². The van der Waals surface area contributed by atoms with E-state index in [-0.39, 0.29) is 24.0 Å². The van der Waals surface area contributed by atoms with Crippen LogP contribution in [0.15, 0.2) is 30.5 Å². The molecule has 2 aliphatic heterocycles. The molecule has 3 amide bonds.